The Kier molecular flexibility index (Phi) is 4.81. The zero-order valence-electron chi connectivity index (χ0n) is 13.6. The van der Waals surface area contributed by atoms with Crippen LogP contribution in [0, 0.1) is 6.57 Å². The number of rotatable bonds is 5. The molecule has 3 rings (SSSR count). The second-order valence-electron chi connectivity index (χ2n) is 5.09. The minimum atomic E-state index is -0.344. The summed E-state index contributed by atoms with van der Waals surface area (Å²) >= 11 is 1.26. The number of benzene rings is 1. The van der Waals surface area contributed by atoms with Gasteiger partial charge in [-0.1, -0.05) is 18.3 Å². The van der Waals surface area contributed by atoms with Gasteiger partial charge in [0.1, 0.15) is 17.2 Å². The van der Waals surface area contributed by atoms with Crippen LogP contribution in [0.2, 0.25) is 0 Å². The highest BCUT2D eigenvalue weighted by Crippen LogP contribution is 2.29. The molecular weight excluding hydrogens is 356 g/mol. The molecule has 132 valence electrons. The van der Waals surface area contributed by atoms with Crippen LogP contribution in [0.25, 0.3) is 15.9 Å². The number of nitrogen functional groups attached to an aromatic ring is 1. The van der Waals surface area contributed by atoms with E-state index in [-0.39, 0.29) is 29.0 Å². The zero-order valence-corrected chi connectivity index (χ0v) is 14.4. The summed E-state index contributed by atoms with van der Waals surface area (Å²) < 4.78 is 4.94. The summed E-state index contributed by atoms with van der Waals surface area (Å²) in [6.45, 7) is 7.01. The number of phenolic OH excluding ortho intramolecular Hbond substituents is 1. The highest BCUT2D eigenvalue weighted by molar-refractivity contribution is 7.99. The van der Waals surface area contributed by atoms with Gasteiger partial charge in [0, 0.05) is 5.56 Å². The van der Waals surface area contributed by atoms with E-state index in [1.54, 1.807) is 6.07 Å². The lowest BCUT2D eigenvalue weighted by Gasteiger charge is -2.06. The molecular formula is C16H14N6O3S. The number of imidazole rings is 1. The number of fused-ring (bicyclic) bond motifs is 1. The number of pyridine rings is 1. The molecule has 0 unspecified atom stereocenters. The van der Waals surface area contributed by atoms with Gasteiger partial charge in [-0.15, -0.1) is 4.98 Å². The van der Waals surface area contributed by atoms with Crippen LogP contribution >= 0.6 is 11.8 Å². The number of nitrogens with one attached hydrogen (secondary N) is 2. The summed E-state index contributed by atoms with van der Waals surface area (Å²) in [5.41, 5.74) is 7.48. The number of thioether (sulfide) groups is 1. The van der Waals surface area contributed by atoms with Gasteiger partial charge in [-0.25, -0.2) is 4.98 Å². The molecule has 0 spiro atoms. The molecule has 1 aromatic carbocycles. The fourth-order valence-electron chi connectivity index (χ4n) is 2.22. The average Bonchev–Trinajstić information content (AvgIpc) is 3.06. The van der Waals surface area contributed by atoms with Crippen molar-refractivity contribution in [3.8, 4) is 11.5 Å². The number of hydrogen-bond donors (Lipinski definition) is 4. The normalized spacial score (nSPS) is 10.5. The number of nitrogens with two attached hydrogens (primary N) is 1. The molecule has 0 aliphatic carbocycles. The van der Waals surface area contributed by atoms with Gasteiger partial charge >= 0.3 is 0 Å². The van der Waals surface area contributed by atoms with Crippen LogP contribution in [0.1, 0.15) is 10.4 Å². The number of nitrogens with zero attached hydrogens (tertiary/aromatic N) is 3. The van der Waals surface area contributed by atoms with Gasteiger partial charge in [0.15, 0.2) is 16.7 Å². The molecule has 0 aliphatic heterocycles. The van der Waals surface area contributed by atoms with Gasteiger partial charge < -0.3 is 30.7 Å². The Bertz CT molecular complexity index is 1030. The number of ether oxygens (including phenoxy) is 1. The number of aromatic hydroxyl groups is 1. The molecule has 0 radical (unpaired) electrons. The van der Waals surface area contributed by atoms with Gasteiger partial charge in [-0.3, -0.25) is 4.79 Å². The Morgan fingerprint density at radius 1 is 1.54 bits per heavy atom. The topological polar surface area (TPSA) is 131 Å². The molecule has 0 fully saturated rings. The Morgan fingerprint density at radius 2 is 2.35 bits per heavy atom. The number of anilines is 1. The number of aromatic nitrogens is 3. The van der Waals surface area contributed by atoms with Crippen LogP contribution in [-0.4, -0.2) is 39.0 Å². The van der Waals surface area contributed by atoms with Gasteiger partial charge in [0.05, 0.1) is 18.7 Å². The van der Waals surface area contributed by atoms with E-state index in [2.05, 4.69) is 25.1 Å². The fourth-order valence-corrected chi connectivity index (χ4v) is 2.90. The van der Waals surface area contributed by atoms with E-state index in [1.807, 2.05) is 0 Å². The summed E-state index contributed by atoms with van der Waals surface area (Å²) in [6.07, 6.45) is 1.49. The Morgan fingerprint density at radius 3 is 3.04 bits per heavy atom. The largest absolute Gasteiger partial charge is 0.504 e. The first-order chi connectivity index (χ1) is 12.5. The lowest BCUT2D eigenvalue weighted by Crippen LogP contribution is -2.22. The quantitative estimate of drug-likeness (QED) is 0.308. The molecule has 0 bridgehead atoms. The second kappa shape index (κ2) is 7.20. The lowest BCUT2D eigenvalue weighted by molar-refractivity contribution is 0.0960. The Labute approximate surface area is 152 Å². The molecule has 0 saturated carbocycles. The van der Waals surface area contributed by atoms with E-state index in [0.717, 1.165) is 0 Å². The average molecular weight is 370 g/mol. The van der Waals surface area contributed by atoms with Crippen molar-refractivity contribution in [2.45, 2.75) is 5.16 Å². The second-order valence-corrected chi connectivity index (χ2v) is 6.06. The zero-order chi connectivity index (χ0) is 18.7. The smallest absolute Gasteiger partial charge is 0.294 e. The standard InChI is InChI=1S/C16H14N6O3S/c1-18-14-12(17)13-9(6-19-14)21-16(22-13)26-7-20-15(24)8-3-4-11(25-2)10(23)5-8/h3-6,23H,7,17H2,2H3,(H,20,24)(H,21,22). The van der Waals surface area contributed by atoms with Crippen molar-refractivity contribution < 1.29 is 14.6 Å². The van der Waals surface area contributed by atoms with Crippen molar-refractivity contribution in [2.24, 2.45) is 0 Å². The van der Waals surface area contributed by atoms with Crippen molar-refractivity contribution >= 4 is 40.2 Å². The number of aromatic amines is 1. The molecule has 26 heavy (non-hydrogen) atoms. The lowest BCUT2D eigenvalue weighted by atomic mass is 10.2. The van der Waals surface area contributed by atoms with E-state index in [4.69, 9.17) is 17.0 Å². The third kappa shape index (κ3) is 3.33. The SMILES string of the molecule is [C-]#[N+]c1ncc2[nH]c(SCNC(=O)c3ccc(OC)c(O)c3)nc2c1N. The molecule has 0 saturated heterocycles. The molecule has 5 N–H and O–H groups in total. The Hall–Kier alpha value is -3.45. The predicted molar refractivity (Wildman–Crippen MR) is 97.4 cm³/mol. The van der Waals surface area contributed by atoms with Crippen molar-refractivity contribution in [2.75, 3.05) is 18.7 Å². The van der Waals surface area contributed by atoms with E-state index in [0.29, 0.717) is 27.5 Å². The number of amides is 1. The fraction of sp³-hybridized carbons (Fsp3) is 0.125. The maximum Gasteiger partial charge on any atom is 0.294 e. The van der Waals surface area contributed by atoms with E-state index < -0.39 is 0 Å². The van der Waals surface area contributed by atoms with E-state index >= 15 is 0 Å². The van der Waals surface area contributed by atoms with E-state index in [9.17, 15) is 9.90 Å². The number of carbonyl (C=O) groups is 1. The molecule has 2 heterocycles. The van der Waals surface area contributed by atoms with Crippen LogP contribution in [0.4, 0.5) is 11.5 Å². The minimum Gasteiger partial charge on any atom is -0.504 e. The number of carbonyl (C=O) groups excluding carboxylic acids is 1. The van der Waals surface area contributed by atoms with Crippen molar-refractivity contribution in [3.05, 3.63) is 41.4 Å². The molecule has 2 aromatic heterocycles. The first-order valence-electron chi connectivity index (χ1n) is 7.33. The van der Waals surface area contributed by atoms with Crippen molar-refractivity contribution in [1.29, 1.82) is 0 Å². The number of methoxy groups -OCH3 is 1. The van der Waals surface area contributed by atoms with Gasteiger partial charge in [0.2, 0.25) is 0 Å². The third-order valence-corrected chi connectivity index (χ3v) is 4.27. The van der Waals surface area contributed by atoms with Crippen LogP contribution in [0.15, 0.2) is 29.6 Å². The monoisotopic (exact) mass is 370 g/mol. The van der Waals surface area contributed by atoms with Crippen LogP contribution < -0.4 is 15.8 Å². The van der Waals surface area contributed by atoms with Crippen molar-refractivity contribution in [1.82, 2.24) is 20.3 Å². The summed E-state index contributed by atoms with van der Waals surface area (Å²) in [6, 6.07) is 4.40. The van der Waals surface area contributed by atoms with E-state index in [1.165, 1.54) is 37.2 Å². The van der Waals surface area contributed by atoms with Gasteiger partial charge in [-0.2, -0.15) is 0 Å². The molecule has 0 aliphatic rings. The third-order valence-electron chi connectivity index (χ3n) is 3.51. The molecule has 9 nitrogen and oxygen atoms in total. The van der Waals surface area contributed by atoms with Gasteiger partial charge in [-0.05, 0) is 18.2 Å². The molecule has 3 aromatic rings. The number of H-pyrrole nitrogens is 1. The number of hydrogen-bond acceptors (Lipinski definition) is 7. The summed E-state index contributed by atoms with van der Waals surface area (Å²) in [5, 5.41) is 13.0. The molecule has 0 atom stereocenters. The van der Waals surface area contributed by atoms with Crippen LogP contribution in [0.3, 0.4) is 0 Å². The molecule has 1 amide bonds. The van der Waals surface area contributed by atoms with Gasteiger partial charge in [0.25, 0.3) is 11.7 Å². The maximum absolute atomic E-state index is 12.1. The summed E-state index contributed by atoms with van der Waals surface area (Å²) in [5.74, 6) is 0.192. The summed E-state index contributed by atoms with van der Waals surface area (Å²) in [4.78, 5) is 26.6. The first-order valence-corrected chi connectivity index (χ1v) is 8.31. The molecule has 10 heteroatoms. The first kappa shape index (κ1) is 17.4. The maximum atomic E-state index is 12.1. The highest BCUT2D eigenvalue weighted by atomic mass is 32.2. The Balaban J connectivity index is 1.65. The van der Waals surface area contributed by atoms with Crippen LogP contribution in [-0.2, 0) is 0 Å². The minimum absolute atomic E-state index is 0.105. The predicted octanol–water partition coefficient (Wildman–Crippen LogP) is 2.28. The highest BCUT2D eigenvalue weighted by Gasteiger charge is 2.13. The summed E-state index contributed by atoms with van der Waals surface area (Å²) in [7, 11) is 1.43. The van der Waals surface area contributed by atoms with Crippen LogP contribution in [0.5, 0.6) is 11.5 Å². The van der Waals surface area contributed by atoms with Crippen molar-refractivity contribution in [3.63, 3.8) is 0 Å². The number of phenols is 1.